The number of anilines is 1. The van der Waals surface area contributed by atoms with Crippen LogP contribution in [0.2, 0.25) is 0 Å². The van der Waals surface area contributed by atoms with Gasteiger partial charge in [0.1, 0.15) is 0 Å². The lowest BCUT2D eigenvalue weighted by molar-refractivity contribution is -0.136. The van der Waals surface area contributed by atoms with E-state index in [0.29, 0.717) is 0 Å². The summed E-state index contributed by atoms with van der Waals surface area (Å²) in [6.45, 7) is 0. The van der Waals surface area contributed by atoms with Crippen LogP contribution in [0, 0.1) is 0 Å². The van der Waals surface area contributed by atoms with Crippen LogP contribution in [0.4, 0.5) is 5.69 Å². The van der Waals surface area contributed by atoms with Gasteiger partial charge in [-0.05, 0) is 17.5 Å². The highest BCUT2D eigenvalue weighted by molar-refractivity contribution is 5.75. The minimum atomic E-state index is -0.841. The average Bonchev–Trinajstić information content (AvgIpc) is 2.17. The summed E-state index contributed by atoms with van der Waals surface area (Å²) in [6, 6.07) is 5.63. The molecule has 1 aliphatic heterocycles. The molecular formula is C11H12N2O2. The quantitative estimate of drug-likeness (QED) is 0.707. The van der Waals surface area contributed by atoms with Crippen molar-refractivity contribution in [2.45, 2.75) is 12.8 Å². The molecule has 0 amide bonds. The van der Waals surface area contributed by atoms with E-state index < -0.39 is 5.97 Å². The van der Waals surface area contributed by atoms with E-state index in [1.165, 1.54) is 5.01 Å². The number of fused-ring (bicyclic) bond motifs is 1. The van der Waals surface area contributed by atoms with E-state index in [-0.39, 0.29) is 6.42 Å². The van der Waals surface area contributed by atoms with Crippen molar-refractivity contribution >= 4 is 11.7 Å². The first-order valence-corrected chi connectivity index (χ1v) is 4.71. The summed E-state index contributed by atoms with van der Waals surface area (Å²) >= 11 is 0. The van der Waals surface area contributed by atoms with Crippen molar-refractivity contribution in [2.24, 2.45) is 5.84 Å². The van der Waals surface area contributed by atoms with Crippen molar-refractivity contribution in [3.63, 3.8) is 0 Å². The van der Waals surface area contributed by atoms with Crippen molar-refractivity contribution in [1.82, 2.24) is 0 Å². The van der Waals surface area contributed by atoms with E-state index in [4.69, 9.17) is 10.9 Å². The minimum absolute atomic E-state index is 0.00468. The minimum Gasteiger partial charge on any atom is -0.481 e. The lowest BCUT2D eigenvalue weighted by Gasteiger charge is -2.24. The lowest BCUT2D eigenvalue weighted by Crippen LogP contribution is -2.29. The van der Waals surface area contributed by atoms with Gasteiger partial charge in [-0.3, -0.25) is 9.80 Å². The van der Waals surface area contributed by atoms with Crippen molar-refractivity contribution in [3.05, 3.63) is 41.6 Å². The predicted molar refractivity (Wildman–Crippen MR) is 57.3 cm³/mol. The van der Waals surface area contributed by atoms with Crippen LogP contribution in [0.5, 0.6) is 0 Å². The fourth-order valence-electron chi connectivity index (χ4n) is 1.81. The molecule has 78 valence electrons. The number of nitrogens with two attached hydrogens (primary N) is 1. The largest absolute Gasteiger partial charge is 0.481 e. The number of rotatable bonds is 2. The summed E-state index contributed by atoms with van der Waals surface area (Å²) in [5.41, 5.74) is 2.65. The molecule has 3 N–H and O–H groups in total. The molecule has 4 nitrogen and oxygen atoms in total. The smallest absolute Gasteiger partial charge is 0.307 e. The molecule has 2 rings (SSSR count). The van der Waals surface area contributed by atoms with Crippen LogP contribution >= 0.6 is 0 Å². The van der Waals surface area contributed by atoms with Crippen LogP contribution in [-0.4, -0.2) is 11.1 Å². The molecule has 4 heteroatoms. The number of nitrogens with zero attached hydrogens (tertiary/aromatic N) is 1. The maximum Gasteiger partial charge on any atom is 0.307 e. The van der Waals surface area contributed by atoms with E-state index in [1.54, 1.807) is 12.3 Å². The van der Waals surface area contributed by atoms with Gasteiger partial charge in [0.15, 0.2) is 0 Å². The second-order valence-corrected chi connectivity index (χ2v) is 3.49. The van der Waals surface area contributed by atoms with Crippen LogP contribution in [0.25, 0.3) is 0 Å². The van der Waals surface area contributed by atoms with Gasteiger partial charge in [0.05, 0.1) is 12.1 Å². The number of carboxylic acid groups (broad SMARTS) is 1. The number of aliphatic carboxylic acids is 1. The molecule has 0 saturated carbocycles. The number of allylic oxidation sites excluding steroid dienone is 1. The first-order valence-electron chi connectivity index (χ1n) is 4.71. The highest BCUT2D eigenvalue weighted by Crippen LogP contribution is 2.28. The molecule has 1 aromatic carbocycles. The molecule has 1 heterocycles. The van der Waals surface area contributed by atoms with Crippen molar-refractivity contribution in [2.75, 3.05) is 5.01 Å². The molecular weight excluding hydrogens is 192 g/mol. The summed E-state index contributed by atoms with van der Waals surface area (Å²) in [5.74, 6) is 4.94. The third-order valence-corrected chi connectivity index (χ3v) is 2.41. The monoisotopic (exact) mass is 204 g/mol. The van der Waals surface area contributed by atoms with Crippen molar-refractivity contribution in [3.8, 4) is 0 Å². The number of para-hydroxylation sites is 1. The first-order chi connectivity index (χ1) is 7.18. The number of hydrogen-bond donors (Lipinski definition) is 2. The van der Waals surface area contributed by atoms with E-state index in [2.05, 4.69) is 0 Å². The molecule has 0 bridgehead atoms. The van der Waals surface area contributed by atoms with Crippen LogP contribution in [-0.2, 0) is 17.6 Å². The Labute approximate surface area is 87.6 Å². The zero-order valence-electron chi connectivity index (χ0n) is 8.18. The van der Waals surface area contributed by atoms with E-state index in [0.717, 1.165) is 23.2 Å². The van der Waals surface area contributed by atoms with E-state index >= 15 is 0 Å². The van der Waals surface area contributed by atoms with Gasteiger partial charge in [-0.2, -0.15) is 0 Å². The maximum absolute atomic E-state index is 10.7. The molecule has 0 radical (unpaired) electrons. The Hall–Kier alpha value is -1.81. The summed E-state index contributed by atoms with van der Waals surface area (Å²) < 4.78 is 0. The number of carbonyl (C=O) groups is 1. The molecule has 15 heavy (non-hydrogen) atoms. The number of hydrazine groups is 1. The molecule has 0 spiro atoms. The molecule has 0 saturated heterocycles. The lowest BCUT2D eigenvalue weighted by atomic mass is 10.00. The predicted octanol–water partition coefficient (Wildman–Crippen LogP) is 1.06. The molecule has 0 unspecified atom stereocenters. The topological polar surface area (TPSA) is 66.6 Å². The standard InChI is InChI=1S/C11H12N2O2/c12-13-6-2-5-8-3-1-4-9(11(8)13)7-10(14)15/h1-4,6H,5,7,12H2,(H,14,15). The van der Waals surface area contributed by atoms with Gasteiger partial charge < -0.3 is 5.11 Å². The number of hydrogen-bond acceptors (Lipinski definition) is 3. The number of benzene rings is 1. The zero-order valence-corrected chi connectivity index (χ0v) is 8.18. The Bertz CT molecular complexity index is 427. The third kappa shape index (κ3) is 1.85. The van der Waals surface area contributed by atoms with Gasteiger partial charge in [-0.1, -0.05) is 24.3 Å². The molecule has 0 fully saturated rings. The van der Waals surface area contributed by atoms with Gasteiger partial charge >= 0.3 is 5.97 Å². The summed E-state index contributed by atoms with van der Waals surface area (Å²) in [4.78, 5) is 10.7. The van der Waals surface area contributed by atoms with Gasteiger partial charge in [0.2, 0.25) is 0 Å². The summed E-state index contributed by atoms with van der Waals surface area (Å²) in [7, 11) is 0. The highest BCUT2D eigenvalue weighted by atomic mass is 16.4. The second-order valence-electron chi connectivity index (χ2n) is 3.49. The van der Waals surface area contributed by atoms with E-state index in [1.807, 2.05) is 18.2 Å². The van der Waals surface area contributed by atoms with Crippen molar-refractivity contribution in [1.29, 1.82) is 0 Å². The van der Waals surface area contributed by atoms with Gasteiger partial charge in [0, 0.05) is 6.20 Å². The highest BCUT2D eigenvalue weighted by Gasteiger charge is 2.15. The molecule has 0 aliphatic carbocycles. The maximum atomic E-state index is 10.7. The molecule has 1 aliphatic rings. The van der Waals surface area contributed by atoms with Gasteiger partial charge in [-0.25, -0.2) is 5.84 Å². The van der Waals surface area contributed by atoms with Gasteiger partial charge in [0.25, 0.3) is 0 Å². The number of carboxylic acids is 1. The second kappa shape index (κ2) is 3.74. The SMILES string of the molecule is NN1C=CCc2cccc(CC(=O)O)c21. The van der Waals surface area contributed by atoms with Crippen molar-refractivity contribution < 1.29 is 9.90 Å². The summed E-state index contributed by atoms with van der Waals surface area (Å²) in [6.07, 6.45) is 4.52. The fraction of sp³-hybridized carbons (Fsp3) is 0.182. The van der Waals surface area contributed by atoms with Crippen LogP contribution in [0.1, 0.15) is 11.1 Å². The Morgan fingerprint density at radius 2 is 2.33 bits per heavy atom. The molecule has 0 aromatic heterocycles. The van der Waals surface area contributed by atoms with Crippen LogP contribution in [0.15, 0.2) is 30.5 Å². The zero-order chi connectivity index (χ0) is 10.8. The normalized spacial score (nSPS) is 13.8. The average molecular weight is 204 g/mol. The Kier molecular flexibility index (Phi) is 2.43. The molecule has 1 aromatic rings. The Morgan fingerprint density at radius 1 is 1.53 bits per heavy atom. The Balaban J connectivity index is 2.45. The van der Waals surface area contributed by atoms with Crippen LogP contribution < -0.4 is 10.9 Å². The van der Waals surface area contributed by atoms with E-state index in [9.17, 15) is 4.79 Å². The summed E-state index contributed by atoms with van der Waals surface area (Å²) in [5, 5.41) is 10.3. The Morgan fingerprint density at radius 3 is 3.07 bits per heavy atom. The first kappa shape index (κ1) is 9.73. The third-order valence-electron chi connectivity index (χ3n) is 2.41. The van der Waals surface area contributed by atoms with Crippen LogP contribution in [0.3, 0.4) is 0 Å². The molecule has 0 atom stereocenters. The van der Waals surface area contributed by atoms with Gasteiger partial charge in [-0.15, -0.1) is 0 Å². The fourth-order valence-corrected chi connectivity index (χ4v) is 1.81.